The third-order valence-electron chi connectivity index (χ3n) is 5.73. The predicted octanol–water partition coefficient (Wildman–Crippen LogP) is 3.14. The number of fused-ring (bicyclic) bond motifs is 2. The maximum atomic E-state index is 12.8. The Bertz CT molecular complexity index is 783. The molecule has 0 spiro atoms. The summed E-state index contributed by atoms with van der Waals surface area (Å²) < 4.78 is 5.81. The van der Waals surface area contributed by atoms with Gasteiger partial charge in [0.15, 0.2) is 0 Å². The summed E-state index contributed by atoms with van der Waals surface area (Å²) in [7, 11) is 0. The number of amides is 1. The highest BCUT2D eigenvalue weighted by atomic mass is 35.5. The van der Waals surface area contributed by atoms with Gasteiger partial charge in [0.2, 0.25) is 5.91 Å². The topological polar surface area (TPSA) is 45.5 Å². The van der Waals surface area contributed by atoms with Crippen molar-refractivity contribution >= 4 is 29.3 Å². The van der Waals surface area contributed by atoms with Crippen LogP contribution in [-0.4, -0.2) is 36.5 Å². The van der Waals surface area contributed by atoms with Gasteiger partial charge in [0.05, 0.1) is 12.7 Å². The summed E-state index contributed by atoms with van der Waals surface area (Å²) in [6.45, 7) is 9.20. The van der Waals surface area contributed by atoms with E-state index in [1.165, 1.54) is 16.7 Å². The summed E-state index contributed by atoms with van der Waals surface area (Å²) in [5, 5.41) is 4.53. The molecule has 2 aliphatic heterocycles. The van der Waals surface area contributed by atoms with E-state index in [0.29, 0.717) is 18.4 Å². The van der Waals surface area contributed by atoms with E-state index >= 15 is 0 Å². The number of aryl methyl sites for hydroxylation is 3. The zero-order valence-corrected chi connectivity index (χ0v) is 15.3. The minimum absolute atomic E-state index is 0. The molecule has 2 aliphatic rings. The van der Waals surface area contributed by atoms with Crippen molar-refractivity contribution in [2.75, 3.05) is 19.6 Å². The Labute approximate surface area is 149 Å². The van der Waals surface area contributed by atoms with Crippen LogP contribution in [0.2, 0.25) is 0 Å². The third kappa shape index (κ3) is 2.62. The van der Waals surface area contributed by atoms with Gasteiger partial charge in [-0.05, 0) is 49.8 Å². The van der Waals surface area contributed by atoms with Crippen molar-refractivity contribution in [1.82, 2.24) is 10.2 Å². The van der Waals surface area contributed by atoms with E-state index in [2.05, 4.69) is 37.1 Å². The Balaban J connectivity index is 0.00000169. The standard InChI is InChI=1S/C19H24N2O2.ClH/c1-11-6-12(2)18-15(10-23-19(18)13(11)3)7-17(22)21-5-4-14-8-20-9-16(14)21;/h6,10,14,16,20H,4-5,7-9H2,1-3H3;1H/t14-,16+;/m0./s1. The van der Waals surface area contributed by atoms with E-state index in [0.717, 1.165) is 42.6 Å². The van der Waals surface area contributed by atoms with Gasteiger partial charge in [-0.1, -0.05) is 6.07 Å². The summed E-state index contributed by atoms with van der Waals surface area (Å²) in [6.07, 6.45) is 3.36. The van der Waals surface area contributed by atoms with Gasteiger partial charge in [0, 0.05) is 36.6 Å². The molecule has 0 bridgehead atoms. The molecule has 2 saturated heterocycles. The minimum atomic E-state index is 0. The van der Waals surface area contributed by atoms with Crippen LogP contribution in [0.3, 0.4) is 0 Å². The van der Waals surface area contributed by atoms with E-state index in [-0.39, 0.29) is 18.3 Å². The number of hydrogen-bond donors (Lipinski definition) is 1. The SMILES string of the molecule is Cc1cc(C)c2c(CC(=O)N3CC[C@H]4CNC[C@H]43)coc2c1C.Cl. The highest BCUT2D eigenvalue weighted by Crippen LogP contribution is 2.32. The molecular formula is C19H25ClN2O2. The summed E-state index contributed by atoms with van der Waals surface area (Å²) in [5.74, 6) is 0.883. The molecule has 1 aromatic heterocycles. The number of rotatable bonds is 2. The van der Waals surface area contributed by atoms with Gasteiger partial charge in [0.25, 0.3) is 0 Å². The molecule has 0 radical (unpaired) electrons. The number of benzene rings is 1. The number of furan rings is 1. The quantitative estimate of drug-likeness (QED) is 0.906. The van der Waals surface area contributed by atoms with E-state index in [9.17, 15) is 4.79 Å². The Morgan fingerprint density at radius 3 is 2.88 bits per heavy atom. The van der Waals surface area contributed by atoms with Crippen LogP contribution in [-0.2, 0) is 11.2 Å². The van der Waals surface area contributed by atoms with Crippen LogP contribution in [0.5, 0.6) is 0 Å². The summed E-state index contributed by atoms with van der Waals surface area (Å²) in [5.41, 5.74) is 5.57. The number of hydrogen-bond acceptors (Lipinski definition) is 3. The monoisotopic (exact) mass is 348 g/mol. The van der Waals surface area contributed by atoms with Crippen molar-refractivity contribution < 1.29 is 9.21 Å². The number of nitrogens with zero attached hydrogens (tertiary/aromatic N) is 1. The molecule has 5 heteroatoms. The summed E-state index contributed by atoms with van der Waals surface area (Å²) in [4.78, 5) is 14.9. The van der Waals surface area contributed by atoms with Gasteiger partial charge in [-0.3, -0.25) is 4.79 Å². The van der Waals surface area contributed by atoms with Gasteiger partial charge >= 0.3 is 0 Å². The zero-order valence-electron chi connectivity index (χ0n) is 14.5. The van der Waals surface area contributed by atoms with E-state index in [4.69, 9.17) is 4.42 Å². The highest BCUT2D eigenvalue weighted by molar-refractivity contribution is 5.92. The number of nitrogens with one attached hydrogen (secondary N) is 1. The Morgan fingerprint density at radius 2 is 2.08 bits per heavy atom. The Morgan fingerprint density at radius 1 is 1.29 bits per heavy atom. The lowest BCUT2D eigenvalue weighted by molar-refractivity contribution is -0.131. The van der Waals surface area contributed by atoms with E-state index < -0.39 is 0 Å². The van der Waals surface area contributed by atoms with Crippen molar-refractivity contribution in [3.8, 4) is 0 Å². The average Bonchev–Trinajstić information content (AvgIpc) is 3.19. The third-order valence-corrected chi connectivity index (χ3v) is 5.73. The van der Waals surface area contributed by atoms with Crippen LogP contribution in [0.1, 0.15) is 28.7 Å². The van der Waals surface area contributed by atoms with Crippen LogP contribution < -0.4 is 5.32 Å². The number of carbonyl (C=O) groups is 1. The van der Waals surface area contributed by atoms with Gasteiger partial charge in [0.1, 0.15) is 5.58 Å². The maximum Gasteiger partial charge on any atom is 0.227 e. The number of likely N-dealkylation sites (tertiary alicyclic amines) is 1. The fourth-order valence-corrected chi connectivity index (χ4v) is 4.34. The molecule has 2 fully saturated rings. The van der Waals surface area contributed by atoms with Crippen molar-refractivity contribution in [2.24, 2.45) is 5.92 Å². The number of carbonyl (C=O) groups excluding carboxylic acids is 1. The molecule has 24 heavy (non-hydrogen) atoms. The summed E-state index contributed by atoms with van der Waals surface area (Å²) in [6, 6.07) is 2.58. The molecular weight excluding hydrogens is 324 g/mol. The second-order valence-corrected chi connectivity index (χ2v) is 7.14. The first-order valence-electron chi connectivity index (χ1n) is 8.53. The fraction of sp³-hybridized carbons (Fsp3) is 0.526. The molecule has 2 atom stereocenters. The Kier molecular flexibility index (Phi) is 4.63. The second-order valence-electron chi connectivity index (χ2n) is 7.14. The van der Waals surface area contributed by atoms with Crippen molar-refractivity contribution in [1.29, 1.82) is 0 Å². The van der Waals surface area contributed by atoms with Crippen molar-refractivity contribution in [2.45, 2.75) is 39.7 Å². The molecule has 0 saturated carbocycles. The largest absolute Gasteiger partial charge is 0.464 e. The van der Waals surface area contributed by atoms with Crippen LogP contribution >= 0.6 is 12.4 Å². The molecule has 1 aromatic carbocycles. The van der Waals surface area contributed by atoms with Gasteiger partial charge in [-0.25, -0.2) is 0 Å². The molecule has 0 aliphatic carbocycles. The van der Waals surface area contributed by atoms with Crippen LogP contribution in [0, 0.1) is 26.7 Å². The van der Waals surface area contributed by atoms with Crippen molar-refractivity contribution in [3.05, 3.63) is 34.6 Å². The zero-order chi connectivity index (χ0) is 16.1. The van der Waals surface area contributed by atoms with Crippen LogP contribution in [0.25, 0.3) is 11.0 Å². The van der Waals surface area contributed by atoms with E-state index in [1.807, 2.05) is 0 Å². The van der Waals surface area contributed by atoms with E-state index in [1.54, 1.807) is 6.26 Å². The molecule has 1 amide bonds. The molecule has 1 N–H and O–H groups in total. The summed E-state index contributed by atoms with van der Waals surface area (Å²) >= 11 is 0. The smallest absolute Gasteiger partial charge is 0.227 e. The van der Waals surface area contributed by atoms with Gasteiger partial charge < -0.3 is 14.6 Å². The lowest BCUT2D eigenvalue weighted by atomic mass is 9.98. The molecule has 4 rings (SSSR count). The van der Waals surface area contributed by atoms with Gasteiger partial charge in [-0.15, -0.1) is 12.4 Å². The lowest BCUT2D eigenvalue weighted by Gasteiger charge is -2.23. The van der Waals surface area contributed by atoms with Gasteiger partial charge in [-0.2, -0.15) is 0 Å². The maximum absolute atomic E-state index is 12.8. The molecule has 130 valence electrons. The predicted molar refractivity (Wildman–Crippen MR) is 97.9 cm³/mol. The Hall–Kier alpha value is -1.52. The van der Waals surface area contributed by atoms with Crippen LogP contribution in [0.15, 0.2) is 16.7 Å². The first-order chi connectivity index (χ1) is 11.1. The highest BCUT2D eigenvalue weighted by Gasteiger charge is 2.39. The second kappa shape index (κ2) is 6.41. The molecule has 0 unspecified atom stereocenters. The van der Waals surface area contributed by atoms with Crippen LogP contribution in [0.4, 0.5) is 0 Å². The molecule has 3 heterocycles. The fourth-order valence-electron chi connectivity index (χ4n) is 4.34. The number of halogens is 1. The molecule has 4 nitrogen and oxygen atoms in total. The first-order valence-corrected chi connectivity index (χ1v) is 8.53. The normalized spacial score (nSPS) is 22.7. The average molecular weight is 349 g/mol. The lowest BCUT2D eigenvalue weighted by Crippen LogP contribution is -2.39. The first kappa shape index (κ1) is 17.3. The minimum Gasteiger partial charge on any atom is -0.464 e. The molecule has 2 aromatic rings. The van der Waals surface area contributed by atoms with Crippen molar-refractivity contribution in [3.63, 3.8) is 0 Å².